The van der Waals surface area contributed by atoms with Crippen LogP contribution in [0.1, 0.15) is 34.5 Å². The summed E-state index contributed by atoms with van der Waals surface area (Å²) in [5, 5.41) is 15.4. The van der Waals surface area contributed by atoms with Gasteiger partial charge in [-0.15, -0.1) is 0 Å². The Morgan fingerprint density at radius 1 is 0.938 bits per heavy atom. The minimum Gasteiger partial charge on any atom is -0.462 e. The number of hydrogen-bond donors (Lipinski definition) is 2. The molecule has 3 rings (SSSR count). The molecule has 0 atom stereocenters. The molecule has 3 aromatic rings. The summed E-state index contributed by atoms with van der Waals surface area (Å²) in [7, 11) is 0. The van der Waals surface area contributed by atoms with Crippen LogP contribution in [0.25, 0.3) is 0 Å². The van der Waals surface area contributed by atoms with Gasteiger partial charge in [-0.3, -0.25) is 4.79 Å². The highest BCUT2D eigenvalue weighted by atomic mass is 16.5. The molecule has 0 bridgehead atoms. The first-order valence-corrected chi connectivity index (χ1v) is 10.2. The van der Waals surface area contributed by atoms with E-state index >= 15 is 0 Å². The van der Waals surface area contributed by atoms with Gasteiger partial charge in [0.2, 0.25) is 0 Å². The third kappa shape index (κ3) is 5.61. The van der Waals surface area contributed by atoms with E-state index in [0.717, 1.165) is 11.1 Å². The summed E-state index contributed by atoms with van der Waals surface area (Å²) >= 11 is 0. The number of ether oxygens (including phenoxy) is 1. The number of carbonyl (C=O) groups is 2. The van der Waals surface area contributed by atoms with E-state index < -0.39 is 11.9 Å². The molecule has 0 fully saturated rings. The molecule has 0 aromatic heterocycles. The van der Waals surface area contributed by atoms with Crippen LogP contribution in [0.5, 0.6) is 0 Å². The van der Waals surface area contributed by atoms with E-state index in [9.17, 15) is 14.9 Å². The average molecular weight is 425 g/mol. The predicted molar refractivity (Wildman–Crippen MR) is 123 cm³/mol. The summed E-state index contributed by atoms with van der Waals surface area (Å²) in [6.07, 6.45) is 1.40. The molecule has 6 heteroatoms. The molecule has 0 unspecified atom stereocenters. The van der Waals surface area contributed by atoms with Gasteiger partial charge in [0.05, 0.1) is 23.9 Å². The van der Waals surface area contributed by atoms with Gasteiger partial charge in [0.1, 0.15) is 11.6 Å². The van der Waals surface area contributed by atoms with E-state index in [1.165, 1.54) is 6.20 Å². The molecule has 0 aliphatic heterocycles. The van der Waals surface area contributed by atoms with Crippen LogP contribution in [0.15, 0.2) is 96.7 Å². The topological polar surface area (TPSA) is 91.2 Å². The van der Waals surface area contributed by atoms with Gasteiger partial charge in [-0.2, -0.15) is 5.26 Å². The first-order valence-electron chi connectivity index (χ1n) is 10.2. The second-order valence-corrected chi connectivity index (χ2v) is 6.81. The lowest BCUT2D eigenvalue weighted by Gasteiger charge is -2.19. The molecule has 160 valence electrons. The molecule has 3 aromatic carbocycles. The Kier molecular flexibility index (Phi) is 7.77. The minimum atomic E-state index is -0.628. The highest BCUT2D eigenvalue weighted by molar-refractivity contribution is 6.09. The largest absolute Gasteiger partial charge is 0.462 e. The number of carbonyl (C=O) groups excluding carboxylic acids is 2. The number of nitrogens with one attached hydrogen (secondary N) is 2. The van der Waals surface area contributed by atoms with Gasteiger partial charge in [-0.1, -0.05) is 72.8 Å². The van der Waals surface area contributed by atoms with Crippen LogP contribution in [0.4, 0.5) is 5.69 Å². The summed E-state index contributed by atoms with van der Waals surface area (Å²) in [6.45, 7) is 1.92. The Balaban J connectivity index is 1.83. The zero-order chi connectivity index (χ0) is 22.8. The normalized spacial score (nSPS) is 10.8. The van der Waals surface area contributed by atoms with Crippen molar-refractivity contribution >= 4 is 17.6 Å². The maximum Gasteiger partial charge on any atom is 0.340 e. The number of para-hydroxylation sites is 1. The fraction of sp³-hybridized carbons (Fsp3) is 0.115. The van der Waals surface area contributed by atoms with Gasteiger partial charge < -0.3 is 15.4 Å². The Bertz CT molecular complexity index is 1100. The molecule has 0 radical (unpaired) electrons. The van der Waals surface area contributed by atoms with E-state index in [1.54, 1.807) is 31.2 Å². The van der Waals surface area contributed by atoms with Gasteiger partial charge in [-0.05, 0) is 30.2 Å². The maximum absolute atomic E-state index is 12.8. The Labute approximate surface area is 187 Å². The third-order valence-corrected chi connectivity index (χ3v) is 4.70. The zero-order valence-electron chi connectivity index (χ0n) is 17.6. The molecular weight excluding hydrogens is 402 g/mol. The SMILES string of the molecule is CCOC(=O)c1ccccc1NC(=O)/C(C#N)=C\NC(c1ccccc1)c1ccccc1. The van der Waals surface area contributed by atoms with Gasteiger partial charge >= 0.3 is 5.97 Å². The Morgan fingerprint density at radius 2 is 1.50 bits per heavy atom. The van der Waals surface area contributed by atoms with E-state index in [0.29, 0.717) is 0 Å². The molecule has 0 aliphatic carbocycles. The lowest BCUT2D eigenvalue weighted by Crippen LogP contribution is -2.21. The Morgan fingerprint density at radius 3 is 2.06 bits per heavy atom. The van der Waals surface area contributed by atoms with E-state index in [4.69, 9.17) is 4.74 Å². The number of nitrogens with zero attached hydrogens (tertiary/aromatic N) is 1. The van der Waals surface area contributed by atoms with Gasteiger partial charge in [0.25, 0.3) is 5.91 Å². The highest BCUT2D eigenvalue weighted by Gasteiger charge is 2.17. The average Bonchev–Trinajstić information content (AvgIpc) is 2.83. The summed E-state index contributed by atoms with van der Waals surface area (Å²) in [6, 6.07) is 27.7. The molecule has 0 aliphatic rings. The molecule has 1 amide bonds. The molecule has 32 heavy (non-hydrogen) atoms. The number of rotatable bonds is 8. The van der Waals surface area contributed by atoms with Crippen molar-refractivity contribution in [2.45, 2.75) is 13.0 Å². The van der Waals surface area contributed by atoms with Crippen molar-refractivity contribution in [2.75, 3.05) is 11.9 Å². The molecule has 0 saturated heterocycles. The molecule has 0 saturated carbocycles. The minimum absolute atomic E-state index is 0.125. The monoisotopic (exact) mass is 425 g/mol. The van der Waals surface area contributed by atoms with Gasteiger partial charge in [-0.25, -0.2) is 4.79 Å². The van der Waals surface area contributed by atoms with Gasteiger partial charge in [0.15, 0.2) is 0 Å². The lowest BCUT2D eigenvalue weighted by molar-refractivity contribution is -0.112. The molecular formula is C26H23N3O3. The number of amides is 1. The number of hydrogen-bond acceptors (Lipinski definition) is 5. The van der Waals surface area contributed by atoms with E-state index in [1.807, 2.05) is 66.7 Å². The lowest BCUT2D eigenvalue weighted by atomic mass is 9.99. The standard InChI is InChI=1S/C26H23N3O3/c1-2-32-26(31)22-15-9-10-16-23(22)29-25(30)21(17-27)18-28-24(19-11-5-3-6-12-19)20-13-7-4-8-14-20/h3-16,18,24,28H,2H2,1H3,(H,29,30)/b21-18-. The van der Waals surface area contributed by atoms with Crippen LogP contribution in [-0.4, -0.2) is 18.5 Å². The second-order valence-electron chi connectivity index (χ2n) is 6.81. The van der Waals surface area contributed by atoms with Crippen molar-refractivity contribution in [1.29, 1.82) is 5.26 Å². The third-order valence-electron chi connectivity index (χ3n) is 4.70. The van der Waals surface area contributed by atoms with E-state index in [-0.39, 0.29) is 29.5 Å². The van der Waals surface area contributed by atoms with Crippen molar-refractivity contribution in [3.63, 3.8) is 0 Å². The van der Waals surface area contributed by atoms with Crippen molar-refractivity contribution in [1.82, 2.24) is 5.32 Å². The fourth-order valence-corrected chi connectivity index (χ4v) is 3.16. The summed E-state index contributed by atoms with van der Waals surface area (Å²) in [5.74, 6) is -1.17. The maximum atomic E-state index is 12.8. The smallest absolute Gasteiger partial charge is 0.340 e. The molecule has 6 nitrogen and oxygen atoms in total. The predicted octanol–water partition coefficient (Wildman–Crippen LogP) is 4.59. The van der Waals surface area contributed by atoms with Crippen LogP contribution in [0, 0.1) is 11.3 Å². The quantitative estimate of drug-likeness (QED) is 0.313. The summed E-state index contributed by atoms with van der Waals surface area (Å²) in [5.41, 5.74) is 2.35. The van der Waals surface area contributed by atoms with Crippen LogP contribution >= 0.6 is 0 Å². The van der Waals surface area contributed by atoms with Crippen LogP contribution < -0.4 is 10.6 Å². The molecule has 0 spiro atoms. The summed E-state index contributed by atoms with van der Waals surface area (Å²) < 4.78 is 5.03. The van der Waals surface area contributed by atoms with Crippen LogP contribution in [0.3, 0.4) is 0 Å². The van der Waals surface area contributed by atoms with Crippen molar-refractivity contribution < 1.29 is 14.3 Å². The summed E-state index contributed by atoms with van der Waals surface area (Å²) in [4.78, 5) is 24.9. The fourth-order valence-electron chi connectivity index (χ4n) is 3.16. The first kappa shape index (κ1) is 22.3. The van der Waals surface area contributed by atoms with Crippen molar-refractivity contribution in [2.24, 2.45) is 0 Å². The Hall–Kier alpha value is -4.37. The first-order chi connectivity index (χ1) is 15.6. The van der Waals surface area contributed by atoms with Crippen LogP contribution in [-0.2, 0) is 9.53 Å². The number of benzene rings is 3. The van der Waals surface area contributed by atoms with Crippen molar-refractivity contribution in [3.05, 3.63) is 113 Å². The van der Waals surface area contributed by atoms with Crippen LogP contribution in [0.2, 0.25) is 0 Å². The second kappa shape index (κ2) is 11.1. The van der Waals surface area contributed by atoms with Gasteiger partial charge in [0, 0.05) is 6.20 Å². The molecule has 2 N–H and O–H groups in total. The zero-order valence-corrected chi connectivity index (χ0v) is 17.6. The van der Waals surface area contributed by atoms with Crippen molar-refractivity contribution in [3.8, 4) is 6.07 Å². The van der Waals surface area contributed by atoms with E-state index in [2.05, 4.69) is 10.6 Å². The number of esters is 1. The highest BCUT2D eigenvalue weighted by Crippen LogP contribution is 2.22. The molecule has 0 heterocycles. The number of nitriles is 1. The number of anilines is 1.